The molecule has 3 heterocycles. The first kappa shape index (κ1) is 20.9. The summed E-state index contributed by atoms with van der Waals surface area (Å²) < 4.78 is 5.27. The molecule has 2 amide bonds. The van der Waals surface area contributed by atoms with Gasteiger partial charge in [0.15, 0.2) is 0 Å². The maximum Gasteiger partial charge on any atom is 0.258 e. The average molecular weight is 425 g/mol. The van der Waals surface area contributed by atoms with Crippen LogP contribution < -0.4 is 25.8 Å². The van der Waals surface area contributed by atoms with Gasteiger partial charge in [0, 0.05) is 19.0 Å². The number of methoxy groups -OCH3 is 1. The summed E-state index contributed by atoms with van der Waals surface area (Å²) in [6.45, 7) is 2.91. The van der Waals surface area contributed by atoms with Gasteiger partial charge < -0.3 is 20.3 Å². The van der Waals surface area contributed by atoms with E-state index in [4.69, 9.17) is 4.74 Å². The molecule has 9 nitrogen and oxygen atoms in total. The van der Waals surface area contributed by atoms with Gasteiger partial charge in [0.25, 0.3) is 5.56 Å². The van der Waals surface area contributed by atoms with Crippen molar-refractivity contribution in [3.05, 3.63) is 40.2 Å². The van der Waals surface area contributed by atoms with Gasteiger partial charge in [-0.1, -0.05) is 19.1 Å². The number of para-hydroxylation sites is 2. The summed E-state index contributed by atoms with van der Waals surface area (Å²) in [4.78, 5) is 47.9. The molecule has 1 aromatic heterocycles. The third-order valence-electron chi connectivity index (χ3n) is 5.99. The van der Waals surface area contributed by atoms with Crippen molar-refractivity contribution in [1.82, 2.24) is 9.97 Å². The van der Waals surface area contributed by atoms with Gasteiger partial charge >= 0.3 is 0 Å². The number of anilines is 3. The third-order valence-corrected chi connectivity index (χ3v) is 5.99. The summed E-state index contributed by atoms with van der Waals surface area (Å²) in [5, 5.41) is 5.46. The van der Waals surface area contributed by atoms with E-state index in [1.165, 1.54) is 7.11 Å². The fourth-order valence-corrected chi connectivity index (χ4v) is 4.39. The Morgan fingerprint density at radius 3 is 2.87 bits per heavy atom. The molecule has 4 rings (SSSR count). The van der Waals surface area contributed by atoms with Gasteiger partial charge in [0.05, 0.1) is 24.3 Å². The molecule has 9 heteroatoms. The third kappa shape index (κ3) is 4.12. The normalized spacial score (nSPS) is 20.6. The van der Waals surface area contributed by atoms with Crippen molar-refractivity contribution < 1.29 is 14.3 Å². The van der Waals surface area contributed by atoms with E-state index in [-0.39, 0.29) is 23.7 Å². The molecule has 2 aromatic rings. The maximum absolute atomic E-state index is 13.0. The highest BCUT2D eigenvalue weighted by molar-refractivity contribution is 6.04. The highest BCUT2D eigenvalue weighted by atomic mass is 16.5. The van der Waals surface area contributed by atoms with Crippen molar-refractivity contribution in [2.45, 2.75) is 51.0 Å². The second-order valence-electron chi connectivity index (χ2n) is 7.90. The van der Waals surface area contributed by atoms with Crippen LogP contribution in [-0.4, -0.2) is 41.5 Å². The van der Waals surface area contributed by atoms with Crippen molar-refractivity contribution in [2.24, 2.45) is 0 Å². The highest BCUT2D eigenvalue weighted by Crippen LogP contribution is 2.33. The SMILES string of the molecule is CC[C@@H]1CCCCN1c1nc2c(c(=O)[nH]1)[C@@H](C(=O)Nc1ccccc1OC)CC(=O)N2. The zero-order chi connectivity index (χ0) is 22.0. The van der Waals surface area contributed by atoms with Crippen LogP contribution in [0, 0.1) is 0 Å². The van der Waals surface area contributed by atoms with E-state index >= 15 is 0 Å². The number of rotatable bonds is 5. The summed E-state index contributed by atoms with van der Waals surface area (Å²) in [5.41, 5.74) is 0.254. The number of fused-ring (bicyclic) bond motifs is 1. The molecule has 0 radical (unpaired) electrons. The summed E-state index contributed by atoms with van der Waals surface area (Å²) >= 11 is 0. The van der Waals surface area contributed by atoms with Gasteiger partial charge in [0.2, 0.25) is 17.8 Å². The van der Waals surface area contributed by atoms with Crippen molar-refractivity contribution in [2.75, 3.05) is 29.2 Å². The number of nitrogens with one attached hydrogen (secondary N) is 3. The highest BCUT2D eigenvalue weighted by Gasteiger charge is 2.36. The number of hydrogen-bond acceptors (Lipinski definition) is 6. The van der Waals surface area contributed by atoms with Crippen molar-refractivity contribution >= 4 is 29.3 Å². The van der Waals surface area contributed by atoms with Gasteiger partial charge in [-0.2, -0.15) is 4.98 Å². The minimum atomic E-state index is -0.942. The lowest BCUT2D eigenvalue weighted by atomic mass is 9.92. The number of H-pyrrole nitrogens is 1. The topological polar surface area (TPSA) is 116 Å². The number of carbonyl (C=O) groups excluding carboxylic acids is 2. The van der Waals surface area contributed by atoms with Crippen molar-refractivity contribution in [1.29, 1.82) is 0 Å². The quantitative estimate of drug-likeness (QED) is 0.678. The van der Waals surface area contributed by atoms with Crippen LogP contribution in [0.5, 0.6) is 5.75 Å². The Balaban J connectivity index is 1.67. The summed E-state index contributed by atoms with van der Waals surface area (Å²) in [5.74, 6) is -0.638. The van der Waals surface area contributed by atoms with Crippen LogP contribution in [0.1, 0.15) is 50.5 Å². The summed E-state index contributed by atoms with van der Waals surface area (Å²) in [6.07, 6.45) is 4.02. The molecule has 0 bridgehead atoms. The first-order chi connectivity index (χ1) is 15.0. The van der Waals surface area contributed by atoms with Gasteiger partial charge in [-0.15, -0.1) is 0 Å². The lowest BCUT2D eigenvalue weighted by molar-refractivity contribution is -0.123. The van der Waals surface area contributed by atoms with Crippen LogP contribution in [-0.2, 0) is 9.59 Å². The molecule has 0 saturated carbocycles. The zero-order valence-electron chi connectivity index (χ0n) is 17.7. The molecule has 3 N–H and O–H groups in total. The van der Waals surface area contributed by atoms with Crippen LogP contribution in [0.3, 0.4) is 0 Å². The Kier molecular flexibility index (Phi) is 5.92. The molecular formula is C22H27N5O4. The molecular weight excluding hydrogens is 398 g/mol. The molecule has 31 heavy (non-hydrogen) atoms. The predicted octanol–water partition coefficient (Wildman–Crippen LogP) is 2.61. The molecule has 0 unspecified atom stereocenters. The molecule has 1 aromatic carbocycles. The van der Waals surface area contributed by atoms with Gasteiger partial charge in [-0.3, -0.25) is 19.4 Å². The van der Waals surface area contributed by atoms with Crippen molar-refractivity contribution in [3.8, 4) is 5.75 Å². The van der Waals surface area contributed by atoms with Gasteiger partial charge in [0.1, 0.15) is 11.6 Å². The van der Waals surface area contributed by atoms with Crippen molar-refractivity contribution in [3.63, 3.8) is 0 Å². The van der Waals surface area contributed by atoms with Crippen LogP contribution in [0.2, 0.25) is 0 Å². The molecule has 0 aliphatic carbocycles. The van der Waals surface area contributed by atoms with E-state index in [0.717, 1.165) is 32.2 Å². The number of hydrogen-bond donors (Lipinski definition) is 3. The molecule has 164 valence electrons. The molecule has 2 atom stereocenters. The number of piperidine rings is 1. The van der Waals surface area contributed by atoms with E-state index in [1.54, 1.807) is 24.3 Å². The first-order valence-corrected chi connectivity index (χ1v) is 10.7. The first-order valence-electron chi connectivity index (χ1n) is 10.7. The van der Waals surface area contributed by atoms with E-state index in [0.29, 0.717) is 23.4 Å². The minimum absolute atomic E-state index is 0.126. The molecule has 1 saturated heterocycles. The van der Waals surface area contributed by atoms with E-state index in [1.807, 2.05) is 0 Å². The minimum Gasteiger partial charge on any atom is -0.495 e. The van der Waals surface area contributed by atoms with Gasteiger partial charge in [-0.05, 0) is 37.8 Å². The largest absolute Gasteiger partial charge is 0.495 e. The lowest BCUT2D eigenvalue weighted by Gasteiger charge is -2.36. The number of ether oxygens (including phenoxy) is 1. The standard InChI is InChI=1S/C22H27N5O4/c1-3-13-8-6-7-11-27(13)22-25-19-18(21(30)26-22)14(12-17(28)24-19)20(29)23-15-9-4-5-10-16(15)31-2/h4-5,9-10,13-14H,3,6-8,11-12H2,1-2H3,(H,23,29)(H2,24,25,26,28,30)/t13-,14+/m1/s1. The number of aromatic nitrogens is 2. The van der Waals surface area contributed by atoms with E-state index < -0.39 is 17.4 Å². The van der Waals surface area contributed by atoms with Crippen LogP contribution in [0.15, 0.2) is 29.1 Å². The Morgan fingerprint density at radius 2 is 2.10 bits per heavy atom. The zero-order valence-corrected chi connectivity index (χ0v) is 17.7. The fraction of sp³-hybridized carbons (Fsp3) is 0.455. The number of amides is 2. The predicted molar refractivity (Wildman–Crippen MR) is 118 cm³/mol. The maximum atomic E-state index is 13.0. The Morgan fingerprint density at radius 1 is 1.29 bits per heavy atom. The van der Waals surface area contributed by atoms with Crippen LogP contribution in [0.4, 0.5) is 17.5 Å². The van der Waals surface area contributed by atoms with E-state index in [2.05, 4.69) is 32.4 Å². The second-order valence-corrected chi connectivity index (χ2v) is 7.90. The summed E-state index contributed by atoms with van der Waals surface area (Å²) in [6, 6.07) is 7.27. The molecule has 2 aliphatic rings. The fourth-order valence-electron chi connectivity index (χ4n) is 4.39. The number of benzene rings is 1. The Hall–Kier alpha value is -3.36. The molecule has 2 aliphatic heterocycles. The number of aromatic amines is 1. The Labute approximate surface area is 180 Å². The molecule has 0 spiro atoms. The number of nitrogens with zero attached hydrogens (tertiary/aromatic N) is 2. The monoisotopic (exact) mass is 425 g/mol. The van der Waals surface area contributed by atoms with E-state index in [9.17, 15) is 14.4 Å². The average Bonchev–Trinajstić information content (AvgIpc) is 2.78. The van der Waals surface area contributed by atoms with Crippen LogP contribution >= 0.6 is 0 Å². The lowest BCUT2D eigenvalue weighted by Crippen LogP contribution is -2.43. The van der Waals surface area contributed by atoms with Crippen LogP contribution in [0.25, 0.3) is 0 Å². The Bertz CT molecular complexity index is 1050. The number of carbonyl (C=O) groups is 2. The molecule has 1 fully saturated rings. The smallest absolute Gasteiger partial charge is 0.258 e. The summed E-state index contributed by atoms with van der Waals surface area (Å²) in [7, 11) is 1.51. The second kappa shape index (κ2) is 8.79. The van der Waals surface area contributed by atoms with Gasteiger partial charge in [-0.25, -0.2) is 0 Å².